The molecule has 0 saturated heterocycles. The normalized spacial score (nSPS) is 22.1. The Hall–Kier alpha value is -1.32. The lowest BCUT2D eigenvalue weighted by Gasteiger charge is -2.31. The number of rotatable bonds is 2. The molecule has 0 bridgehead atoms. The highest BCUT2D eigenvalue weighted by atomic mass is 16.4. The number of carboxylic acids is 1. The van der Waals surface area contributed by atoms with Crippen LogP contribution in [0.25, 0.3) is 0 Å². The van der Waals surface area contributed by atoms with Crippen LogP contribution in [0.15, 0.2) is 11.6 Å². The number of carbonyl (C=O) groups is 2. The van der Waals surface area contributed by atoms with E-state index in [1.165, 1.54) is 6.42 Å². The maximum Gasteiger partial charge on any atom is 0.333 e. The van der Waals surface area contributed by atoms with Crippen LogP contribution in [0, 0.1) is 5.92 Å². The Bertz CT molecular complexity index is 343. The van der Waals surface area contributed by atoms with Crippen molar-refractivity contribution in [2.24, 2.45) is 5.92 Å². The van der Waals surface area contributed by atoms with Gasteiger partial charge in [-0.05, 0) is 19.3 Å². The van der Waals surface area contributed by atoms with Crippen LogP contribution in [0.5, 0.6) is 0 Å². The van der Waals surface area contributed by atoms with Gasteiger partial charge in [0.25, 0.3) is 0 Å². The van der Waals surface area contributed by atoms with E-state index in [9.17, 15) is 9.59 Å². The van der Waals surface area contributed by atoms with Crippen molar-refractivity contribution in [3.8, 4) is 0 Å². The summed E-state index contributed by atoms with van der Waals surface area (Å²) in [5, 5.41) is 8.94. The maximum atomic E-state index is 12.2. The highest BCUT2D eigenvalue weighted by Gasteiger charge is 2.28. The molecule has 0 radical (unpaired) electrons. The van der Waals surface area contributed by atoms with Gasteiger partial charge in [-0.2, -0.15) is 0 Å². The first-order chi connectivity index (χ1) is 8.18. The van der Waals surface area contributed by atoms with Gasteiger partial charge in [-0.25, -0.2) is 4.79 Å². The standard InChI is InChI=1S/C13H19NO3/c15-12(10-5-2-1-3-6-10)14-8-4-7-11(9-14)13(16)17/h7,10H,1-6,8-9H2,(H,16,17). The van der Waals surface area contributed by atoms with Gasteiger partial charge < -0.3 is 10.0 Å². The minimum absolute atomic E-state index is 0.136. The number of hydrogen-bond donors (Lipinski definition) is 1. The smallest absolute Gasteiger partial charge is 0.333 e. The third kappa shape index (κ3) is 2.87. The molecule has 2 aliphatic rings. The van der Waals surface area contributed by atoms with Gasteiger partial charge in [0.05, 0.1) is 12.1 Å². The van der Waals surface area contributed by atoms with Crippen molar-refractivity contribution in [2.75, 3.05) is 13.1 Å². The Morgan fingerprint density at radius 1 is 1.24 bits per heavy atom. The summed E-state index contributed by atoms with van der Waals surface area (Å²) in [6.07, 6.45) is 7.83. The van der Waals surface area contributed by atoms with Crippen molar-refractivity contribution >= 4 is 11.9 Å². The first-order valence-electron chi connectivity index (χ1n) is 6.39. The zero-order valence-electron chi connectivity index (χ0n) is 10.0. The molecule has 0 aromatic heterocycles. The van der Waals surface area contributed by atoms with Gasteiger partial charge in [-0.3, -0.25) is 4.79 Å². The van der Waals surface area contributed by atoms with Crippen LogP contribution in [0.4, 0.5) is 0 Å². The molecule has 0 atom stereocenters. The Labute approximate surface area is 101 Å². The van der Waals surface area contributed by atoms with Crippen LogP contribution >= 0.6 is 0 Å². The van der Waals surface area contributed by atoms with Crippen molar-refractivity contribution < 1.29 is 14.7 Å². The fraction of sp³-hybridized carbons (Fsp3) is 0.692. The molecule has 1 fully saturated rings. The van der Waals surface area contributed by atoms with E-state index in [4.69, 9.17) is 5.11 Å². The van der Waals surface area contributed by atoms with Gasteiger partial charge in [0, 0.05) is 12.5 Å². The van der Waals surface area contributed by atoms with E-state index in [0.717, 1.165) is 25.7 Å². The van der Waals surface area contributed by atoms with Crippen LogP contribution in [-0.2, 0) is 9.59 Å². The van der Waals surface area contributed by atoms with Gasteiger partial charge in [0.1, 0.15) is 0 Å². The first kappa shape index (κ1) is 12.1. The molecule has 94 valence electrons. The molecule has 0 spiro atoms. The number of hydrogen-bond acceptors (Lipinski definition) is 2. The minimum atomic E-state index is -0.897. The van der Waals surface area contributed by atoms with E-state index in [1.807, 2.05) is 0 Å². The molecule has 0 aromatic rings. The molecule has 1 saturated carbocycles. The zero-order valence-corrected chi connectivity index (χ0v) is 10.0. The topological polar surface area (TPSA) is 57.6 Å². The third-order valence-corrected chi connectivity index (χ3v) is 3.69. The summed E-state index contributed by atoms with van der Waals surface area (Å²) >= 11 is 0. The minimum Gasteiger partial charge on any atom is -0.478 e. The van der Waals surface area contributed by atoms with E-state index in [1.54, 1.807) is 11.0 Å². The summed E-state index contributed by atoms with van der Waals surface area (Å²) in [5.41, 5.74) is 0.361. The largest absolute Gasteiger partial charge is 0.478 e. The van der Waals surface area contributed by atoms with Crippen LogP contribution in [-0.4, -0.2) is 35.0 Å². The van der Waals surface area contributed by atoms with E-state index >= 15 is 0 Å². The summed E-state index contributed by atoms with van der Waals surface area (Å²) in [6, 6.07) is 0. The zero-order chi connectivity index (χ0) is 12.3. The highest BCUT2D eigenvalue weighted by molar-refractivity contribution is 5.89. The van der Waals surface area contributed by atoms with Gasteiger partial charge in [0.15, 0.2) is 0 Å². The average molecular weight is 237 g/mol. The molecule has 4 nitrogen and oxygen atoms in total. The van der Waals surface area contributed by atoms with E-state index in [0.29, 0.717) is 18.5 Å². The van der Waals surface area contributed by atoms with Crippen molar-refractivity contribution in [3.63, 3.8) is 0 Å². The fourth-order valence-electron chi connectivity index (χ4n) is 2.69. The second-order valence-electron chi connectivity index (χ2n) is 4.92. The van der Waals surface area contributed by atoms with Crippen molar-refractivity contribution in [3.05, 3.63) is 11.6 Å². The SMILES string of the molecule is O=C(O)C1=CCCN(C(=O)C2CCCCC2)C1. The lowest BCUT2D eigenvalue weighted by atomic mass is 9.88. The molecular formula is C13H19NO3. The van der Waals surface area contributed by atoms with Crippen molar-refractivity contribution in [1.82, 2.24) is 4.90 Å². The van der Waals surface area contributed by atoms with E-state index < -0.39 is 5.97 Å². The average Bonchev–Trinajstić information content (AvgIpc) is 2.39. The number of aliphatic carboxylic acids is 1. The van der Waals surface area contributed by atoms with Gasteiger partial charge >= 0.3 is 5.97 Å². The number of amides is 1. The van der Waals surface area contributed by atoms with Gasteiger partial charge in [0.2, 0.25) is 5.91 Å². The molecule has 1 amide bonds. The quantitative estimate of drug-likeness (QED) is 0.796. The Morgan fingerprint density at radius 3 is 2.59 bits per heavy atom. The molecule has 0 aromatic carbocycles. The van der Waals surface area contributed by atoms with Gasteiger partial charge in [-0.15, -0.1) is 0 Å². The first-order valence-corrected chi connectivity index (χ1v) is 6.39. The maximum absolute atomic E-state index is 12.2. The van der Waals surface area contributed by atoms with Crippen LogP contribution in [0.1, 0.15) is 38.5 Å². The predicted molar refractivity (Wildman–Crippen MR) is 63.5 cm³/mol. The third-order valence-electron chi connectivity index (χ3n) is 3.69. The second kappa shape index (κ2) is 5.34. The molecule has 4 heteroatoms. The number of nitrogens with zero attached hydrogens (tertiary/aromatic N) is 1. The fourth-order valence-corrected chi connectivity index (χ4v) is 2.69. The molecule has 1 aliphatic heterocycles. The number of carbonyl (C=O) groups excluding carboxylic acids is 1. The molecule has 1 N–H and O–H groups in total. The van der Waals surface area contributed by atoms with Crippen LogP contribution < -0.4 is 0 Å². The molecule has 17 heavy (non-hydrogen) atoms. The lowest BCUT2D eigenvalue weighted by Crippen LogP contribution is -2.41. The Kier molecular flexibility index (Phi) is 3.82. The molecule has 2 rings (SSSR count). The van der Waals surface area contributed by atoms with Crippen molar-refractivity contribution in [2.45, 2.75) is 38.5 Å². The van der Waals surface area contributed by atoms with Crippen molar-refractivity contribution in [1.29, 1.82) is 0 Å². The summed E-state index contributed by atoms with van der Waals surface area (Å²) in [6.45, 7) is 0.955. The molecule has 1 heterocycles. The molecule has 1 aliphatic carbocycles. The summed E-state index contributed by atoms with van der Waals surface area (Å²) in [4.78, 5) is 24.8. The highest BCUT2D eigenvalue weighted by Crippen LogP contribution is 2.26. The van der Waals surface area contributed by atoms with Gasteiger partial charge in [-0.1, -0.05) is 25.3 Å². The summed E-state index contributed by atoms with van der Waals surface area (Å²) in [5.74, 6) is -0.598. The summed E-state index contributed by atoms with van der Waals surface area (Å²) < 4.78 is 0. The van der Waals surface area contributed by atoms with E-state index in [-0.39, 0.29) is 18.4 Å². The molecule has 0 unspecified atom stereocenters. The van der Waals surface area contributed by atoms with E-state index in [2.05, 4.69) is 0 Å². The number of carboxylic acid groups (broad SMARTS) is 1. The molecular weight excluding hydrogens is 218 g/mol. The van der Waals surface area contributed by atoms with Crippen LogP contribution in [0.2, 0.25) is 0 Å². The second-order valence-corrected chi connectivity index (χ2v) is 4.92. The Morgan fingerprint density at radius 2 is 1.94 bits per heavy atom. The Balaban J connectivity index is 1.96. The van der Waals surface area contributed by atoms with Crippen LogP contribution in [0.3, 0.4) is 0 Å². The summed E-state index contributed by atoms with van der Waals surface area (Å²) in [7, 11) is 0. The lowest BCUT2D eigenvalue weighted by molar-refractivity contribution is -0.137. The monoisotopic (exact) mass is 237 g/mol. The predicted octanol–water partition coefficient (Wildman–Crippen LogP) is 1.81.